The van der Waals surface area contributed by atoms with Gasteiger partial charge in [0.2, 0.25) is 0 Å². The van der Waals surface area contributed by atoms with Crippen LogP contribution in [0.4, 0.5) is 4.79 Å². The molecule has 2 heterocycles. The van der Waals surface area contributed by atoms with Gasteiger partial charge in [0.25, 0.3) is 5.91 Å². The molecule has 4 rings (SSSR count). The highest BCUT2D eigenvalue weighted by atomic mass is 16.2. The van der Waals surface area contributed by atoms with Crippen molar-refractivity contribution in [3.8, 4) is 0 Å². The van der Waals surface area contributed by atoms with Gasteiger partial charge in [0.05, 0.1) is 6.67 Å². The lowest BCUT2D eigenvalue weighted by atomic mass is 9.96. The van der Waals surface area contributed by atoms with E-state index in [-0.39, 0.29) is 11.9 Å². The van der Waals surface area contributed by atoms with Crippen molar-refractivity contribution in [2.24, 2.45) is 5.92 Å². The van der Waals surface area contributed by atoms with Crippen molar-refractivity contribution in [3.05, 3.63) is 42.0 Å². The SMILES string of the molecule is CC1(C2CC2)NC(=O)N(CN2CCN(CC=Cc3ccccc3)CC2)C1=O. The van der Waals surface area contributed by atoms with E-state index >= 15 is 0 Å². The molecule has 3 fully saturated rings. The van der Waals surface area contributed by atoms with E-state index in [1.165, 1.54) is 10.5 Å². The zero-order chi connectivity index (χ0) is 18.9. The molecule has 2 saturated heterocycles. The molecule has 0 aromatic heterocycles. The molecule has 1 aromatic rings. The summed E-state index contributed by atoms with van der Waals surface area (Å²) in [4.78, 5) is 31.0. The van der Waals surface area contributed by atoms with Crippen LogP contribution in [0.25, 0.3) is 6.08 Å². The van der Waals surface area contributed by atoms with Crippen LogP contribution in [0.15, 0.2) is 36.4 Å². The molecule has 1 saturated carbocycles. The van der Waals surface area contributed by atoms with Crippen molar-refractivity contribution in [1.82, 2.24) is 20.0 Å². The molecule has 0 spiro atoms. The first-order valence-corrected chi connectivity index (χ1v) is 9.87. The second-order valence-corrected chi connectivity index (χ2v) is 8.01. The average Bonchev–Trinajstić information content (AvgIpc) is 3.50. The number of hydrogen-bond acceptors (Lipinski definition) is 4. The number of hydrogen-bond donors (Lipinski definition) is 1. The van der Waals surface area contributed by atoms with Crippen LogP contribution in [-0.2, 0) is 4.79 Å². The van der Waals surface area contributed by atoms with Gasteiger partial charge in [-0.1, -0.05) is 42.5 Å². The highest BCUT2D eigenvalue weighted by molar-refractivity contribution is 6.07. The van der Waals surface area contributed by atoms with Crippen molar-refractivity contribution in [2.45, 2.75) is 25.3 Å². The van der Waals surface area contributed by atoms with Crippen molar-refractivity contribution in [3.63, 3.8) is 0 Å². The Morgan fingerprint density at radius 1 is 1.07 bits per heavy atom. The quantitative estimate of drug-likeness (QED) is 0.781. The van der Waals surface area contributed by atoms with Gasteiger partial charge < -0.3 is 5.32 Å². The molecule has 6 nitrogen and oxygen atoms in total. The number of piperazine rings is 1. The van der Waals surface area contributed by atoms with Crippen molar-refractivity contribution in [1.29, 1.82) is 0 Å². The average molecular weight is 368 g/mol. The van der Waals surface area contributed by atoms with Crippen LogP contribution >= 0.6 is 0 Å². The first kappa shape index (κ1) is 18.2. The Balaban J connectivity index is 1.24. The minimum Gasteiger partial charge on any atom is -0.323 e. The third kappa shape index (κ3) is 3.92. The standard InChI is InChI=1S/C21H28N4O2/c1-21(18-9-10-18)19(26)25(20(27)22-21)16-24-14-12-23(13-15-24)11-5-8-17-6-3-2-4-7-17/h2-8,18H,9-16H2,1H3,(H,22,27). The third-order valence-corrected chi connectivity index (χ3v) is 5.97. The second kappa shape index (κ2) is 7.44. The Morgan fingerprint density at radius 3 is 2.41 bits per heavy atom. The van der Waals surface area contributed by atoms with Gasteiger partial charge in [-0.2, -0.15) is 0 Å². The largest absolute Gasteiger partial charge is 0.326 e. The predicted molar refractivity (Wildman–Crippen MR) is 105 cm³/mol. The van der Waals surface area contributed by atoms with E-state index in [0.29, 0.717) is 12.6 Å². The summed E-state index contributed by atoms with van der Waals surface area (Å²) < 4.78 is 0. The lowest BCUT2D eigenvalue weighted by molar-refractivity contribution is -0.133. The van der Waals surface area contributed by atoms with E-state index in [1.807, 2.05) is 25.1 Å². The molecule has 1 aliphatic carbocycles. The minimum atomic E-state index is -0.679. The number of nitrogens with one attached hydrogen (secondary N) is 1. The van der Waals surface area contributed by atoms with E-state index in [2.05, 4.69) is 39.4 Å². The van der Waals surface area contributed by atoms with Gasteiger partial charge in [0.1, 0.15) is 5.54 Å². The van der Waals surface area contributed by atoms with Crippen LogP contribution in [0.1, 0.15) is 25.3 Å². The Morgan fingerprint density at radius 2 is 1.74 bits per heavy atom. The second-order valence-electron chi connectivity index (χ2n) is 8.01. The smallest absolute Gasteiger partial charge is 0.323 e. The molecule has 0 bridgehead atoms. The molecule has 144 valence electrons. The Hall–Kier alpha value is -2.18. The van der Waals surface area contributed by atoms with Crippen LogP contribution < -0.4 is 5.32 Å². The topological polar surface area (TPSA) is 55.9 Å². The monoisotopic (exact) mass is 368 g/mol. The number of benzene rings is 1. The van der Waals surface area contributed by atoms with Crippen LogP contribution in [0.3, 0.4) is 0 Å². The summed E-state index contributed by atoms with van der Waals surface area (Å²) in [6.45, 7) is 6.84. The molecule has 1 aromatic carbocycles. The van der Waals surface area contributed by atoms with Crippen LogP contribution in [0.2, 0.25) is 0 Å². The summed E-state index contributed by atoms with van der Waals surface area (Å²) in [5.74, 6) is 0.260. The predicted octanol–water partition coefficient (Wildman–Crippen LogP) is 2.00. The van der Waals surface area contributed by atoms with Gasteiger partial charge in [-0.05, 0) is 31.2 Å². The Labute approximate surface area is 160 Å². The molecular formula is C21H28N4O2. The van der Waals surface area contributed by atoms with Gasteiger partial charge in [-0.15, -0.1) is 0 Å². The molecule has 1 atom stereocenters. The zero-order valence-electron chi connectivity index (χ0n) is 15.9. The fraction of sp³-hybridized carbons (Fsp3) is 0.524. The molecule has 27 heavy (non-hydrogen) atoms. The maximum atomic E-state index is 12.7. The summed E-state index contributed by atoms with van der Waals surface area (Å²) in [6, 6.07) is 10.1. The molecule has 3 amide bonds. The van der Waals surface area contributed by atoms with Gasteiger partial charge in [0, 0.05) is 32.7 Å². The number of nitrogens with zero attached hydrogens (tertiary/aromatic N) is 3. The third-order valence-electron chi connectivity index (χ3n) is 5.97. The van der Waals surface area contributed by atoms with Crippen molar-refractivity contribution < 1.29 is 9.59 Å². The van der Waals surface area contributed by atoms with Gasteiger partial charge in [0.15, 0.2) is 0 Å². The first-order chi connectivity index (χ1) is 13.1. The van der Waals surface area contributed by atoms with Crippen LogP contribution in [0, 0.1) is 5.92 Å². The summed E-state index contributed by atoms with van der Waals surface area (Å²) >= 11 is 0. The molecule has 3 aliphatic rings. The van der Waals surface area contributed by atoms with E-state index in [1.54, 1.807) is 0 Å². The summed E-state index contributed by atoms with van der Waals surface area (Å²) in [5, 5.41) is 2.93. The summed E-state index contributed by atoms with van der Waals surface area (Å²) in [5.41, 5.74) is 0.537. The van der Waals surface area contributed by atoms with Gasteiger partial charge in [-0.25, -0.2) is 9.69 Å². The number of carbonyl (C=O) groups is 2. The molecule has 2 aliphatic heterocycles. The fourth-order valence-electron chi connectivity index (χ4n) is 4.00. The Bertz CT molecular complexity index is 723. The summed E-state index contributed by atoms with van der Waals surface area (Å²) in [6.07, 6.45) is 6.42. The fourth-order valence-corrected chi connectivity index (χ4v) is 4.00. The highest BCUT2D eigenvalue weighted by Crippen LogP contribution is 2.42. The van der Waals surface area contributed by atoms with Crippen molar-refractivity contribution >= 4 is 18.0 Å². The van der Waals surface area contributed by atoms with E-state index in [4.69, 9.17) is 0 Å². The van der Waals surface area contributed by atoms with Crippen LogP contribution in [0.5, 0.6) is 0 Å². The molecule has 1 N–H and O–H groups in total. The van der Waals surface area contributed by atoms with E-state index in [9.17, 15) is 9.59 Å². The first-order valence-electron chi connectivity index (χ1n) is 9.87. The van der Waals surface area contributed by atoms with E-state index in [0.717, 1.165) is 45.6 Å². The normalized spacial score (nSPS) is 27.5. The molecular weight excluding hydrogens is 340 g/mol. The Kier molecular flexibility index (Phi) is 5.02. The maximum absolute atomic E-state index is 12.7. The number of rotatable bonds is 6. The molecule has 0 radical (unpaired) electrons. The maximum Gasteiger partial charge on any atom is 0.326 e. The van der Waals surface area contributed by atoms with Crippen LogP contribution in [-0.4, -0.2) is 71.6 Å². The highest BCUT2D eigenvalue weighted by Gasteiger charge is 2.56. The number of urea groups is 1. The van der Waals surface area contributed by atoms with E-state index < -0.39 is 5.54 Å². The molecule has 1 unspecified atom stereocenters. The number of amides is 3. The van der Waals surface area contributed by atoms with Gasteiger partial charge in [-0.3, -0.25) is 14.6 Å². The van der Waals surface area contributed by atoms with Crippen molar-refractivity contribution in [2.75, 3.05) is 39.4 Å². The minimum absolute atomic E-state index is 0.0526. The number of imide groups is 1. The summed E-state index contributed by atoms with van der Waals surface area (Å²) in [7, 11) is 0. The zero-order valence-corrected chi connectivity index (χ0v) is 15.9. The van der Waals surface area contributed by atoms with Gasteiger partial charge >= 0.3 is 6.03 Å². The lowest BCUT2D eigenvalue weighted by Gasteiger charge is -2.35. The molecule has 6 heteroatoms. The number of carbonyl (C=O) groups excluding carboxylic acids is 2. The lowest BCUT2D eigenvalue weighted by Crippen LogP contribution is -2.52.